The summed E-state index contributed by atoms with van der Waals surface area (Å²) < 4.78 is 18.0. The van der Waals surface area contributed by atoms with Crippen LogP contribution in [0.3, 0.4) is 0 Å². The first-order valence-corrected chi connectivity index (χ1v) is 6.69. The fourth-order valence-corrected chi connectivity index (χ4v) is 2.30. The van der Waals surface area contributed by atoms with Crippen molar-refractivity contribution in [2.24, 2.45) is 11.8 Å². The lowest BCUT2D eigenvalue weighted by Gasteiger charge is -2.22. The van der Waals surface area contributed by atoms with Gasteiger partial charge in [-0.3, -0.25) is 4.79 Å². The zero-order chi connectivity index (χ0) is 14.4. The molecule has 1 aromatic carbocycles. The van der Waals surface area contributed by atoms with Gasteiger partial charge in [-0.1, -0.05) is 26.0 Å². The van der Waals surface area contributed by atoms with Crippen LogP contribution < -0.4 is 5.73 Å². The highest BCUT2D eigenvalue weighted by Crippen LogP contribution is 2.18. The lowest BCUT2D eigenvalue weighted by Crippen LogP contribution is -2.67. The molecule has 0 aliphatic heterocycles. The molecular weight excluding hydrogens is 245 g/mol. The molecule has 0 aliphatic carbocycles. The minimum absolute atomic E-state index is 0.0792. The summed E-state index contributed by atoms with van der Waals surface area (Å²) in [6.07, 6.45) is 0.641. The number of ether oxygens (including phenoxy) is 1. The van der Waals surface area contributed by atoms with E-state index < -0.39 is 0 Å². The Morgan fingerprint density at radius 3 is 2.37 bits per heavy atom. The van der Waals surface area contributed by atoms with Crippen molar-refractivity contribution in [3.63, 3.8) is 0 Å². The second-order valence-electron chi connectivity index (χ2n) is 5.11. The molecule has 2 unspecified atom stereocenters. The van der Waals surface area contributed by atoms with Crippen LogP contribution in [0.1, 0.15) is 26.3 Å². The highest BCUT2D eigenvalue weighted by molar-refractivity contribution is 5.73. The van der Waals surface area contributed by atoms with Crippen LogP contribution in [0.4, 0.5) is 4.39 Å². The van der Waals surface area contributed by atoms with E-state index in [2.05, 4.69) is 5.73 Å². The third-order valence-corrected chi connectivity index (χ3v) is 3.20. The zero-order valence-electron chi connectivity index (χ0n) is 11.9. The van der Waals surface area contributed by atoms with Crippen molar-refractivity contribution < 1.29 is 19.7 Å². The zero-order valence-corrected chi connectivity index (χ0v) is 11.9. The van der Waals surface area contributed by atoms with Gasteiger partial charge in [0.15, 0.2) is 0 Å². The van der Waals surface area contributed by atoms with E-state index in [1.165, 1.54) is 12.1 Å². The molecule has 106 valence electrons. The van der Waals surface area contributed by atoms with E-state index in [9.17, 15) is 9.18 Å². The first-order chi connectivity index (χ1) is 8.95. The second-order valence-corrected chi connectivity index (χ2v) is 5.11. The molecule has 1 rings (SSSR count). The molecule has 0 amide bonds. The summed E-state index contributed by atoms with van der Waals surface area (Å²) in [6.45, 7) is 6.16. The largest absolute Gasteiger partial charge is 0.466 e. The van der Waals surface area contributed by atoms with Crippen molar-refractivity contribution >= 4 is 5.97 Å². The number of quaternary nitrogens is 1. The molecule has 4 heteroatoms. The highest BCUT2D eigenvalue weighted by atomic mass is 19.1. The molecule has 0 aromatic heterocycles. The van der Waals surface area contributed by atoms with E-state index in [0.717, 1.165) is 5.56 Å². The highest BCUT2D eigenvalue weighted by Gasteiger charge is 2.32. The minimum Gasteiger partial charge on any atom is -0.466 e. The minimum atomic E-state index is -0.254. The van der Waals surface area contributed by atoms with Gasteiger partial charge in [-0.25, -0.2) is 4.39 Å². The Labute approximate surface area is 113 Å². The molecule has 0 saturated carbocycles. The van der Waals surface area contributed by atoms with Crippen LogP contribution in [0.2, 0.25) is 0 Å². The number of benzene rings is 1. The third-order valence-electron chi connectivity index (χ3n) is 3.20. The Morgan fingerprint density at radius 1 is 1.32 bits per heavy atom. The molecule has 1 aromatic rings. The number of carbonyl (C=O) groups is 1. The summed E-state index contributed by atoms with van der Waals surface area (Å²) in [7, 11) is 0. The predicted octanol–water partition coefficient (Wildman–Crippen LogP) is 1.81. The molecule has 2 atom stereocenters. The van der Waals surface area contributed by atoms with E-state index in [1.807, 2.05) is 13.8 Å². The maximum absolute atomic E-state index is 12.8. The van der Waals surface area contributed by atoms with Crippen molar-refractivity contribution in [2.45, 2.75) is 33.2 Å². The Balaban J connectivity index is 2.74. The van der Waals surface area contributed by atoms with Crippen LogP contribution >= 0.6 is 0 Å². The fraction of sp³-hybridized carbons (Fsp3) is 0.533. The second kappa shape index (κ2) is 7.24. The average Bonchev–Trinajstić information content (AvgIpc) is 2.32. The molecule has 3 nitrogen and oxygen atoms in total. The summed E-state index contributed by atoms with van der Waals surface area (Å²) in [5.41, 5.74) is 5.07. The SMILES string of the molecule is CCOC(=O)C(C(C)C)C([NH3+])Cc1ccc(F)cc1. The van der Waals surface area contributed by atoms with Crippen molar-refractivity contribution in [2.75, 3.05) is 6.61 Å². The van der Waals surface area contributed by atoms with Crippen LogP contribution in [0.25, 0.3) is 0 Å². The van der Waals surface area contributed by atoms with Crippen LogP contribution in [0.15, 0.2) is 24.3 Å². The molecule has 19 heavy (non-hydrogen) atoms. The lowest BCUT2D eigenvalue weighted by molar-refractivity contribution is -0.432. The summed E-state index contributed by atoms with van der Waals surface area (Å²) in [5.74, 6) is -0.512. The van der Waals surface area contributed by atoms with Crippen molar-refractivity contribution in [1.29, 1.82) is 0 Å². The Kier molecular flexibility index (Phi) is 5.96. The molecule has 0 fully saturated rings. The first-order valence-electron chi connectivity index (χ1n) is 6.69. The normalized spacial score (nSPS) is 14.2. The summed E-state index contributed by atoms with van der Waals surface area (Å²) in [4.78, 5) is 11.9. The van der Waals surface area contributed by atoms with Crippen LogP contribution in [-0.2, 0) is 16.0 Å². The number of hydrogen-bond donors (Lipinski definition) is 1. The van der Waals surface area contributed by atoms with Gasteiger partial charge in [-0.05, 0) is 30.5 Å². The Hall–Kier alpha value is -1.42. The quantitative estimate of drug-likeness (QED) is 0.800. The molecular formula is C15H23FNO2+. The smallest absolute Gasteiger partial charge is 0.315 e. The Morgan fingerprint density at radius 2 is 1.89 bits per heavy atom. The monoisotopic (exact) mass is 268 g/mol. The molecule has 0 heterocycles. The van der Waals surface area contributed by atoms with Crippen LogP contribution in [0, 0.1) is 17.7 Å². The van der Waals surface area contributed by atoms with Gasteiger partial charge in [0.25, 0.3) is 0 Å². The molecule has 0 saturated heterocycles. The summed E-state index contributed by atoms with van der Waals surface area (Å²) in [5, 5.41) is 0. The van der Waals surface area contributed by atoms with Gasteiger partial charge < -0.3 is 10.5 Å². The lowest BCUT2D eigenvalue weighted by atomic mass is 9.85. The third kappa shape index (κ3) is 4.63. The van der Waals surface area contributed by atoms with Gasteiger partial charge in [0.05, 0.1) is 6.61 Å². The molecule has 0 aliphatic rings. The first kappa shape index (κ1) is 15.6. The van der Waals surface area contributed by atoms with Crippen LogP contribution in [-0.4, -0.2) is 18.6 Å². The number of hydrogen-bond acceptors (Lipinski definition) is 2. The van der Waals surface area contributed by atoms with Gasteiger partial charge in [0.2, 0.25) is 0 Å². The van der Waals surface area contributed by atoms with Gasteiger partial charge in [-0.2, -0.15) is 0 Å². The van der Waals surface area contributed by atoms with Crippen molar-refractivity contribution in [3.05, 3.63) is 35.6 Å². The van der Waals surface area contributed by atoms with Crippen LogP contribution in [0.5, 0.6) is 0 Å². The molecule has 3 N–H and O–H groups in total. The summed E-state index contributed by atoms with van der Waals surface area (Å²) in [6, 6.07) is 6.24. The number of rotatable bonds is 6. The van der Waals surface area contributed by atoms with Gasteiger partial charge in [-0.15, -0.1) is 0 Å². The van der Waals surface area contributed by atoms with E-state index in [1.54, 1.807) is 19.1 Å². The topological polar surface area (TPSA) is 53.9 Å². The van der Waals surface area contributed by atoms with E-state index in [-0.39, 0.29) is 29.7 Å². The number of esters is 1. The standard InChI is InChI=1S/C15H22FNO2/c1-4-19-15(18)14(10(2)3)13(17)9-11-5-7-12(16)8-6-11/h5-8,10,13-14H,4,9,17H2,1-3H3/p+1. The number of halogens is 1. The van der Waals surface area contributed by atoms with Gasteiger partial charge in [0.1, 0.15) is 17.8 Å². The molecule has 0 spiro atoms. The maximum atomic E-state index is 12.8. The molecule has 0 bridgehead atoms. The maximum Gasteiger partial charge on any atom is 0.315 e. The van der Waals surface area contributed by atoms with E-state index in [4.69, 9.17) is 4.74 Å². The summed E-state index contributed by atoms with van der Waals surface area (Å²) >= 11 is 0. The van der Waals surface area contributed by atoms with E-state index >= 15 is 0 Å². The fourth-order valence-electron chi connectivity index (χ4n) is 2.30. The van der Waals surface area contributed by atoms with Gasteiger partial charge in [0, 0.05) is 6.42 Å². The Bertz CT molecular complexity index is 403. The number of carbonyl (C=O) groups excluding carboxylic acids is 1. The molecule has 0 radical (unpaired) electrons. The average molecular weight is 268 g/mol. The van der Waals surface area contributed by atoms with E-state index in [0.29, 0.717) is 13.0 Å². The predicted molar refractivity (Wildman–Crippen MR) is 71.7 cm³/mol. The van der Waals surface area contributed by atoms with Crippen molar-refractivity contribution in [3.8, 4) is 0 Å². The van der Waals surface area contributed by atoms with Crippen molar-refractivity contribution in [1.82, 2.24) is 0 Å². The van der Waals surface area contributed by atoms with Gasteiger partial charge >= 0.3 is 5.97 Å².